The number of carboxylic acid groups (broad SMARTS) is 1. The van der Waals surface area contributed by atoms with E-state index in [1.807, 2.05) is 0 Å². The van der Waals surface area contributed by atoms with Crippen LogP contribution in [0.25, 0.3) is 10.9 Å². The van der Waals surface area contributed by atoms with Gasteiger partial charge in [-0.15, -0.1) is 13.2 Å². The quantitative estimate of drug-likeness (QED) is 0.454. The van der Waals surface area contributed by atoms with E-state index in [2.05, 4.69) is 9.84 Å². The number of ether oxygens (including phenoxy) is 1. The molecule has 1 aliphatic heterocycles. The summed E-state index contributed by atoms with van der Waals surface area (Å²) in [4.78, 5) is 11.0. The number of aliphatic carboxylic acids is 1. The van der Waals surface area contributed by atoms with Gasteiger partial charge in [-0.3, -0.25) is 9.48 Å². The molecule has 1 saturated heterocycles. The number of sulfonamides is 1. The van der Waals surface area contributed by atoms with Crippen LogP contribution in [0, 0.1) is 5.92 Å². The van der Waals surface area contributed by atoms with E-state index >= 15 is 0 Å². The highest BCUT2D eigenvalue weighted by Crippen LogP contribution is 2.37. The van der Waals surface area contributed by atoms with Crippen molar-refractivity contribution in [2.45, 2.75) is 36.8 Å². The molecule has 0 saturated carbocycles. The lowest BCUT2D eigenvalue weighted by Gasteiger charge is -2.18. The number of hydrogen-bond donors (Lipinski definition) is 1. The lowest BCUT2D eigenvalue weighted by Crippen LogP contribution is -2.29. The van der Waals surface area contributed by atoms with Gasteiger partial charge in [-0.05, 0) is 42.3 Å². The fourth-order valence-corrected chi connectivity index (χ4v) is 5.85. The molecule has 2 atom stereocenters. The van der Waals surface area contributed by atoms with Crippen LogP contribution in [-0.2, 0) is 27.4 Å². The summed E-state index contributed by atoms with van der Waals surface area (Å²) in [6, 6.07) is 5.69. The number of aromatic nitrogens is 2. The summed E-state index contributed by atoms with van der Waals surface area (Å²) >= 11 is 0. The average Bonchev–Trinajstić information content (AvgIpc) is 3.32. The molecule has 15 heteroatoms. The first kappa shape index (κ1) is 26.7. The van der Waals surface area contributed by atoms with Gasteiger partial charge in [-0.25, -0.2) is 8.42 Å². The van der Waals surface area contributed by atoms with Crippen LogP contribution >= 0.6 is 0 Å². The molecule has 0 bridgehead atoms. The zero-order valence-electron chi connectivity index (χ0n) is 18.9. The van der Waals surface area contributed by atoms with Gasteiger partial charge in [0.15, 0.2) is 0 Å². The third-order valence-electron chi connectivity index (χ3n) is 5.98. The second-order valence-corrected chi connectivity index (χ2v) is 10.5. The number of carboxylic acids is 1. The van der Waals surface area contributed by atoms with Crippen LogP contribution < -0.4 is 4.74 Å². The number of benzene rings is 2. The zero-order valence-corrected chi connectivity index (χ0v) is 19.7. The van der Waals surface area contributed by atoms with Crippen molar-refractivity contribution in [1.29, 1.82) is 0 Å². The number of alkyl halides is 6. The Kier molecular flexibility index (Phi) is 6.65. The van der Waals surface area contributed by atoms with E-state index < -0.39 is 58.2 Å². The fourth-order valence-electron chi connectivity index (χ4n) is 4.29. The van der Waals surface area contributed by atoms with Crippen molar-refractivity contribution in [1.82, 2.24) is 14.1 Å². The predicted molar refractivity (Wildman–Crippen MR) is 116 cm³/mol. The number of rotatable bonds is 6. The Balaban J connectivity index is 1.68. The lowest BCUT2D eigenvalue weighted by atomic mass is 10.1. The van der Waals surface area contributed by atoms with Crippen molar-refractivity contribution in [3.63, 3.8) is 0 Å². The van der Waals surface area contributed by atoms with E-state index in [9.17, 15) is 44.7 Å². The molecular formula is C22H19F6N3O5S. The molecule has 0 aliphatic carbocycles. The van der Waals surface area contributed by atoms with Crippen LogP contribution in [0.4, 0.5) is 26.3 Å². The van der Waals surface area contributed by atoms with Crippen LogP contribution in [0.3, 0.4) is 0 Å². The molecule has 2 aromatic carbocycles. The Bertz CT molecular complexity index is 1430. The minimum atomic E-state index is -4.95. The Labute approximate surface area is 206 Å². The van der Waals surface area contributed by atoms with Crippen molar-refractivity contribution in [2.75, 3.05) is 13.1 Å². The van der Waals surface area contributed by atoms with Gasteiger partial charge in [-0.2, -0.15) is 22.6 Å². The number of hydrogen-bond acceptors (Lipinski definition) is 5. The molecule has 0 spiro atoms. The second-order valence-electron chi connectivity index (χ2n) is 8.58. The highest BCUT2D eigenvalue weighted by atomic mass is 32.2. The Morgan fingerprint density at radius 1 is 1.08 bits per heavy atom. The summed E-state index contributed by atoms with van der Waals surface area (Å²) in [5.41, 5.74) is -0.930. The molecule has 1 fully saturated rings. The minimum absolute atomic E-state index is 0.0100. The molecule has 0 radical (unpaired) electrons. The maximum absolute atomic E-state index is 13.4. The number of fused-ring (bicyclic) bond motifs is 1. The third-order valence-corrected chi connectivity index (χ3v) is 7.82. The Hall–Kier alpha value is -3.33. The Morgan fingerprint density at radius 2 is 1.73 bits per heavy atom. The van der Waals surface area contributed by atoms with E-state index in [-0.39, 0.29) is 34.6 Å². The topological polar surface area (TPSA) is 102 Å². The van der Waals surface area contributed by atoms with Crippen LogP contribution in [0.2, 0.25) is 0 Å². The molecular weight excluding hydrogens is 532 g/mol. The van der Waals surface area contributed by atoms with Crippen molar-refractivity contribution in [2.24, 2.45) is 5.92 Å². The highest BCUT2D eigenvalue weighted by Gasteiger charge is 2.40. The first-order chi connectivity index (χ1) is 17.1. The van der Waals surface area contributed by atoms with Crippen molar-refractivity contribution in [3.8, 4) is 5.75 Å². The summed E-state index contributed by atoms with van der Waals surface area (Å²) in [6.07, 6.45) is -10.2. The molecule has 200 valence electrons. The van der Waals surface area contributed by atoms with Crippen LogP contribution in [-0.4, -0.2) is 53.0 Å². The maximum atomic E-state index is 13.4. The number of nitrogens with zero attached hydrogens (tertiary/aromatic N) is 3. The van der Waals surface area contributed by atoms with Gasteiger partial charge in [0, 0.05) is 18.5 Å². The minimum Gasteiger partial charge on any atom is -0.481 e. The second kappa shape index (κ2) is 9.20. The fraction of sp³-hybridized carbons (Fsp3) is 0.364. The number of halogens is 6. The molecule has 1 aliphatic rings. The predicted octanol–water partition coefficient (Wildman–Crippen LogP) is 4.46. The third kappa shape index (κ3) is 5.51. The summed E-state index contributed by atoms with van der Waals surface area (Å²) < 4.78 is 110. The molecule has 1 N–H and O–H groups in total. The molecule has 1 aromatic heterocycles. The molecule has 0 unspecified atom stereocenters. The highest BCUT2D eigenvalue weighted by molar-refractivity contribution is 7.89. The van der Waals surface area contributed by atoms with Crippen LogP contribution in [0.1, 0.15) is 24.2 Å². The van der Waals surface area contributed by atoms with Crippen molar-refractivity contribution in [3.05, 3.63) is 53.7 Å². The van der Waals surface area contributed by atoms with E-state index in [0.29, 0.717) is 0 Å². The Morgan fingerprint density at radius 3 is 2.30 bits per heavy atom. The van der Waals surface area contributed by atoms with Crippen molar-refractivity contribution >= 4 is 26.9 Å². The molecule has 3 aromatic rings. The van der Waals surface area contributed by atoms with E-state index in [1.165, 1.54) is 4.68 Å². The van der Waals surface area contributed by atoms with Gasteiger partial charge in [0.2, 0.25) is 10.0 Å². The van der Waals surface area contributed by atoms with Gasteiger partial charge in [0.25, 0.3) is 0 Å². The zero-order chi connectivity index (χ0) is 27.3. The van der Waals surface area contributed by atoms with E-state index in [0.717, 1.165) is 46.8 Å². The molecule has 0 amide bonds. The molecule has 37 heavy (non-hydrogen) atoms. The van der Waals surface area contributed by atoms with Gasteiger partial charge >= 0.3 is 18.5 Å². The summed E-state index contributed by atoms with van der Waals surface area (Å²) in [6.45, 7) is 1.41. The molecule has 8 nitrogen and oxygen atoms in total. The average molecular weight is 551 g/mol. The first-order valence-corrected chi connectivity index (χ1v) is 12.2. The van der Waals surface area contributed by atoms with Crippen molar-refractivity contribution < 1.29 is 49.4 Å². The monoisotopic (exact) mass is 551 g/mol. The molecule has 4 rings (SSSR count). The van der Waals surface area contributed by atoms with Crippen LogP contribution in [0.5, 0.6) is 5.75 Å². The lowest BCUT2D eigenvalue weighted by molar-refractivity contribution is -0.274. The van der Waals surface area contributed by atoms with Gasteiger partial charge in [0.1, 0.15) is 5.75 Å². The SMILES string of the molecule is C[C@@H]1CN(S(=O)(=O)c2ccc(OC(F)(F)F)cc2)C[C@@H]1n1nc(CC(=O)O)c2ccc(C(F)(F)F)cc21. The van der Waals surface area contributed by atoms with Gasteiger partial charge in [-0.1, -0.05) is 13.0 Å². The first-order valence-electron chi connectivity index (χ1n) is 10.7. The summed E-state index contributed by atoms with van der Waals surface area (Å²) in [7, 11) is -4.19. The summed E-state index contributed by atoms with van der Waals surface area (Å²) in [5.74, 6) is -2.29. The van der Waals surface area contributed by atoms with Gasteiger partial charge < -0.3 is 9.84 Å². The van der Waals surface area contributed by atoms with Crippen LogP contribution in [0.15, 0.2) is 47.4 Å². The molecule has 2 heterocycles. The normalized spacial score (nSPS) is 19.4. The van der Waals surface area contributed by atoms with Gasteiger partial charge in [0.05, 0.1) is 34.1 Å². The number of carbonyl (C=O) groups is 1. The largest absolute Gasteiger partial charge is 0.573 e. The standard InChI is InChI=1S/C22H19F6N3O5S/c1-12-10-30(37(34,35)15-5-3-14(4-6-15)36-22(26,27)28)11-19(12)31-18-8-13(21(23,24)25)2-7-16(18)17(29-31)9-20(32)33/h2-8,12,19H,9-11H2,1H3,(H,32,33)/t12-,19+/m1/s1. The maximum Gasteiger partial charge on any atom is 0.573 e. The summed E-state index contributed by atoms with van der Waals surface area (Å²) in [5, 5.41) is 13.6. The van der Waals surface area contributed by atoms with E-state index in [1.54, 1.807) is 6.92 Å². The van der Waals surface area contributed by atoms with E-state index in [4.69, 9.17) is 0 Å². The smallest absolute Gasteiger partial charge is 0.481 e.